The zero-order valence-corrected chi connectivity index (χ0v) is 8.30. The number of amides is 1. The van der Waals surface area contributed by atoms with E-state index in [4.69, 9.17) is 9.84 Å². The maximum Gasteiger partial charge on any atom is 0.425 e. The molecule has 0 aliphatic rings. The van der Waals surface area contributed by atoms with Crippen molar-refractivity contribution in [2.24, 2.45) is 5.10 Å². The van der Waals surface area contributed by atoms with Gasteiger partial charge in [-0.2, -0.15) is 5.10 Å². The Hall–Kier alpha value is -2.04. The van der Waals surface area contributed by atoms with Crippen LogP contribution in [-0.2, 0) is 0 Å². The summed E-state index contributed by atoms with van der Waals surface area (Å²) in [7, 11) is 0. The Morgan fingerprint density at radius 2 is 2.33 bits per heavy atom. The van der Waals surface area contributed by atoms with E-state index in [2.05, 4.69) is 5.10 Å². The molecule has 0 aromatic heterocycles. The van der Waals surface area contributed by atoms with Crippen LogP contribution >= 0.6 is 0 Å². The second kappa shape index (κ2) is 5.64. The number of hydrogen-bond acceptors (Lipinski definition) is 3. The Morgan fingerprint density at radius 3 is 3.00 bits per heavy atom. The number of nitrogens with one attached hydrogen (secondary N) is 1. The fourth-order valence-corrected chi connectivity index (χ4v) is 1.03. The molecule has 5 heteroatoms. The standard InChI is InChI=1S/C10H12N2O3/c1-2-15-9-6-4-3-5-8(9)7-11-12-10(13)14/h3-7,12H,2H2,1H3,(H,13,14)/b11-7+. The summed E-state index contributed by atoms with van der Waals surface area (Å²) in [5.41, 5.74) is 2.62. The topological polar surface area (TPSA) is 70.9 Å². The predicted molar refractivity (Wildman–Crippen MR) is 56.4 cm³/mol. The molecular weight excluding hydrogens is 196 g/mol. The zero-order valence-electron chi connectivity index (χ0n) is 8.30. The van der Waals surface area contributed by atoms with Crippen molar-refractivity contribution in [2.75, 3.05) is 6.61 Å². The molecule has 15 heavy (non-hydrogen) atoms. The molecule has 2 N–H and O–H groups in total. The van der Waals surface area contributed by atoms with Gasteiger partial charge < -0.3 is 9.84 Å². The molecule has 5 nitrogen and oxygen atoms in total. The molecule has 1 rings (SSSR count). The molecule has 0 atom stereocenters. The van der Waals surface area contributed by atoms with E-state index in [9.17, 15) is 4.79 Å². The van der Waals surface area contributed by atoms with Gasteiger partial charge in [0.2, 0.25) is 0 Å². The maximum absolute atomic E-state index is 10.1. The third kappa shape index (κ3) is 3.68. The lowest BCUT2D eigenvalue weighted by molar-refractivity contribution is 0.195. The van der Waals surface area contributed by atoms with Gasteiger partial charge in [0, 0.05) is 5.56 Å². The van der Waals surface area contributed by atoms with Crippen LogP contribution in [0.25, 0.3) is 0 Å². The smallest absolute Gasteiger partial charge is 0.425 e. The quantitative estimate of drug-likeness (QED) is 0.584. The van der Waals surface area contributed by atoms with Gasteiger partial charge in [0.15, 0.2) is 0 Å². The second-order valence-corrected chi connectivity index (χ2v) is 2.65. The number of carbonyl (C=O) groups is 1. The lowest BCUT2D eigenvalue weighted by Gasteiger charge is -2.05. The molecule has 0 heterocycles. The van der Waals surface area contributed by atoms with Crippen molar-refractivity contribution in [1.82, 2.24) is 5.43 Å². The van der Waals surface area contributed by atoms with E-state index in [1.807, 2.05) is 24.5 Å². The van der Waals surface area contributed by atoms with E-state index >= 15 is 0 Å². The average Bonchev–Trinajstić information content (AvgIpc) is 2.20. The number of ether oxygens (including phenoxy) is 1. The number of carboxylic acid groups (broad SMARTS) is 1. The van der Waals surface area contributed by atoms with Crippen molar-refractivity contribution in [3.63, 3.8) is 0 Å². The van der Waals surface area contributed by atoms with Gasteiger partial charge in [-0.05, 0) is 19.1 Å². The Kier molecular flexibility index (Phi) is 4.15. The third-order valence-corrected chi connectivity index (χ3v) is 1.58. The van der Waals surface area contributed by atoms with Gasteiger partial charge in [-0.1, -0.05) is 12.1 Å². The number of para-hydroxylation sites is 1. The van der Waals surface area contributed by atoms with Gasteiger partial charge >= 0.3 is 6.09 Å². The Balaban J connectivity index is 2.74. The lowest BCUT2D eigenvalue weighted by Crippen LogP contribution is -2.13. The first kappa shape index (κ1) is 11.0. The van der Waals surface area contributed by atoms with Crippen molar-refractivity contribution in [2.45, 2.75) is 6.92 Å². The number of nitrogens with zero attached hydrogens (tertiary/aromatic N) is 1. The zero-order chi connectivity index (χ0) is 11.1. The summed E-state index contributed by atoms with van der Waals surface area (Å²) in [6, 6.07) is 7.25. The van der Waals surface area contributed by atoms with Crippen molar-refractivity contribution >= 4 is 12.3 Å². The van der Waals surface area contributed by atoms with E-state index < -0.39 is 6.09 Å². The van der Waals surface area contributed by atoms with Crippen LogP contribution in [0.2, 0.25) is 0 Å². The highest BCUT2D eigenvalue weighted by Gasteiger charge is 1.98. The van der Waals surface area contributed by atoms with Gasteiger partial charge in [-0.25, -0.2) is 10.2 Å². The predicted octanol–water partition coefficient (Wildman–Crippen LogP) is 1.69. The summed E-state index contributed by atoms with van der Waals surface area (Å²) in [6.07, 6.45) is 0.208. The van der Waals surface area contributed by atoms with Crippen LogP contribution < -0.4 is 10.2 Å². The monoisotopic (exact) mass is 208 g/mol. The Bertz CT molecular complexity index is 363. The van der Waals surface area contributed by atoms with Crippen LogP contribution in [0.3, 0.4) is 0 Å². The first-order valence-corrected chi connectivity index (χ1v) is 4.48. The molecule has 0 unspecified atom stereocenters. The molecule has 1 aromatic carbocycles. The molecule has 0 spiro atoms. The van der Waals surface area contributed by atoms with E-state index in [-0.39, 0.29) is 0 Å². The molecule has 80 valence electrons. The number of hydrazone groups is 1. The van der Waals surface area contributed by atoms with Gasteiger partial charge in [-0.3, -0.25) is 0 Å². The Morgan fingerprint density at radius 1 is 1.60 bits per heavy atom. The summed E-state index contributed by atoms with van der Waals surface area (Å²) in [5.74, 6) is 0.677. The summed E-state index contributed by atoms with van der Waals surface area (Å²) in [5, 5.41) is 11.8. The summed E-state index contributed by atoms with van der Waals surface area (Å²) < 4.78 is 5.33. The largest absolute Gasteiger partial charge is 0.493 e. The minimum absolute atomic E-state index is 0.553. The fourth-order valence-electron chi connectivity index (χ4n) is 1.03. The molecule has 1 aromatic rings. The molecule has 0 radical (unpaired) electrons. The van der Waals surface area contributed by atoms with Crippen LogP contribution in [0, 0.1) is 0 Å². The van der Waals surface area contributed by atoms with Crippen molar-refractivity contribution in [3.05, 3.63) is 29.8 Å². The van der Waals surface area contributed by atoms with Gasteiger partial charge in [-0.15, -0.1) is 0 Å². The van der Waals surface area contributed by atoms with Crippen molar-refractivity contribution in [1.29, 1.82) is 0 Å². The normalized spacial score (nSPS) is 10.2. The van der Waals surface area contributed by atoms with Crippen molar-refractivity contribution < 1.29 is 14.6 Å². The molecule has 0 fully saturated rings. The minimum atomic E-state index is -1.19. The summed E-state index contributed by atoms with van der Waals surface area (Å²) >= 11 is 0. The first-order chi connectivity index (χ1) is 7.24. The van der Waals surface area contributed by atoms with Gasteiger partial charge in [0.05, 0.1) is 12.8 Å². The van der Waals surface area contributed by atoms with Crippen LogP contribution in [0.4, 0.5) is 4.79 Å². The molecular formula is C10H12N2O3. The minimum Gasteiger partial charge on any atom is -0.493 e. The lowest BCUT2D eigenvalue weighted by atomic mass is 10.2. The molecule has 1 amide bonds. The SMILES string of the molecule is CCOc1ccccc1/C=N/NC(=O)O. The van der Waals surface area contributed by atoms with E-state index in [0.717, 1.165) is 5.56 Å². The molecule has 0 aliphatic carbocycles. The number of hydrogen-bond donors (Lipinski definition) is 2. The highest BCUT2D eigenvalue weighted by molar-refractivity contribution is 5.84. The Labute approximate surface area is 87.4 Å². The van der Waals surface area contributed by atoms with Crippen molar-refractivity contribution in [3.8, 4) is 5.75 Å². The average molecular weight is 208 g/mol. The van der Waals surface area contributed by atoms with E-state index in [1.165, 1.54) is 6.21 Å². The fraction of sp³-hybridized carbons (Fsp3) is 0.200. The number of rotatable bonds is 4. The summed E-state index contributed by atoms with van der Waals surface area (Å²) in [4.78, 5) is 10.1. The van der Waals surface area contributed by atoms with Crippen LogP contribution in [0.5, 0.6) is 5.75 Å². The molecule has 0 saturated carbocycles. The highest BCUT2D eigenvalue weighted by Crippen LogP contribution is 2.15. The maximum atomic E-state index is 10.1. The first-order valence-electron chi connectivity index (χ1n) is 4.48. The number of benzene rings is 1. The summed E-state index contributed by atoms with van der Waals surface area (Å²) in [6.45, 7) is 2.43. The van der Waals surface area contributed by atoms with Crippen LogP contribution in [-0.4, -0.2) is 24.0 Å². The molecule has 0 bridgehead atoms. The van der Waals surface area contributed by atoms with Crippen LogP contribution in [0.15, 0.2) is 29.4 Å². The van der Waals surface area contributed by atoms with Gasteiger partial charge in [0.1, 0.15) is 5.75 Å². The van der Waals surface area contributed by atoms with Crippen LogP contribution in [0.1, 0.15) is 12.5 Å². The third-order valence-electron chi connectivity index (χ3n) is 1.58. The second-order valence-electron chi connectivity index (χ2n) is 2.65. The van der Waals surface area contributed by atoms with Gasteiger partial charge in [0.25, 0.3) is 0 Å². The molecule has 0 aliphatic heterocycles. The van der Waals surface area contributed by atoms with E-state index in [1.54, 1.807) is 12.1 Å². The molecule has 0 saturated heterocycles. The van der Waals surface area contributed by atoms with E-state index in [0.29, 0.717) is 12.4 Å². The highest BCUT2D eigenvalue weighted by atomic mass is 16.5.